The molecule has 48 heavy (non-hydrogen) atoms. The van der Waals surface area contributed by atoms with Crippen LogP contribution in [0.1, 0.15) is 51.0 Å². The molecule has 13 nitrogen and oxygen atoms in total. The maximum absolute atomic E-state index is 13.8. The number of fused-ring (bicyclic) bond motifs is 2. The number of hydrogen-bond donors (Lipinski definition) is 4. The molecule has 2 bridgehead atoms. The van der Waals surface area contributed by atoms with Crippen molar-refractivity contribution in [3.8, 4) is 0 Å². The smallest absolute Gasteiger partial charge is 0.357 e. The zero-order chi connectivity index (χ0) is 35.5. The van der Waals surface area contributed by atoms with Gasteiger partial charge in [0.2, 0.25) is 11.6 Å². The summed E-state index contributed by atoms with van der Waals surface area (Å²) >= 11 is 0. The third kappa shape index (κ3) is 10.2. The minimum Gasteiger partial charge on any atom is -0.450 e. The molecule has 6 atom stereocenters. The fourth-order valence-corrected chi connectivity index (χ4v) is 5.60. The number of ether oxygens (including phenoxy) is 3. The minimum absolute atomic E-state index is 0.114. The lowest BCUT2D eigenvalue weighted by Gasteiger charge is -2.30. The Morgan fingerprint density at radius 2 is 1.88 bits per heavy atom. The van der Waals surface area contributed by atoms with Gasteiger partial charge >= 0.3 is 5.97 Å². The van der Waals surface area contributed by atoms with E-state index in [2.05, 4.69) is 20.6 Å². The molecule has 13 heteroatoms. The second-order valence-electron chi connectivity index (χ2n) is 12.6. The van der Waals surface area contributed by atoms with Gasteiger partial charge in [-0.25, -0.2) is 9.78 Å². The number of likely N-dealkylation sites (N-methyl/N-ethyl adjacent to an activating group) is 1. The van der Waals surface area contributed by atoms with E-state index in [-0.39, 0.29) is 40.6 Å². The maximum Gasteiger partial charge on any atom is 0.357 e. The van der Waals surface area contributed by atoms with Gasteiger partial charge in [-0.15, -0.1) is 0 Å². The van der Waals surface area contributed by atoms with Gasteiger partial charge in [-0.3, -0.25) is 14.4 Å². The molecular formula is C35H49N5O8. The van der Waals surface area contributed by atoms with E-state index in [4.69, 9.17) is 14.2 Å². The number of aliphatic hydroxyl groups excluding tert-OH is 1. The number of amides is 1. The van der Waals surface area contributed by atoms with Crippen molar-refractivity contribution in [2.24, 2.45) is 11.8 Å². The van der Waals surface area contributed by atoms with Crippen LogP contribution in [0, 0.1) is 11.8 Å². The number of aliphatic hydroxyl groups is 1. The molecule has 3 rings (SSSR count). The van der Waals surface area contributed by atoms with E-state index < -0.39 is 53.8 Å². The third-order valence-electron chi connectivity index (χ3n) is 8.36. The standard InChI is InChI=1S/C35H49N5O8/c1-20-14-24-30(37-12-13-40(5)6)27(41)17-25(32(24)43)39-34(44)21(2)10-9-11-28(46-7)33(48-35(45)26-18-36-19-38-26)23(4)16-22(3)31(42)29(15-20)47-8/h9-11,16-20,22,28-29,31,33,37,42H,12-15H2,1-8H3,(H,36,38)(H,39,44)/b11-9-,21-10+,23-16+/t20-,22+,28+,29+,31-,33+/m1/s1. The molecule has 4 N–H and O–H groups in total. The van der Waals surface area contributed by atoms with Gasteiger partial charge in [-0.2, -0.15) is 0 Å². The molecule has 0 aromatic carbocycles. The lowest BCUT2D eigenvalue weighted by atomic mass is 9.85. The summed E-state index contributed by atoms with van der Waals surface area (Å²) in [4.78, 5) is 61.8. The van der Waals surface area contributed by atoms with E-state index in [1.54, 1.807) is 26.0 Å². The van der Waals surface area contributed by atoms with Crippen LogP contribution < -0.4 is 10.6 Å². The number of nitrogens with one attached hydrogen (secondary N) is 3. The van der Waals surface area contributed by atoms with Gasteiger partial charge in [0.25, 0.3) is 5.91 Å². The Morgan fingerprint density at radius 3 is 2.50 bits per heavy atom. The van der Waals surface area contributed by atoms with Crippen LogP contribution in [0.15, 0.2) is 71.0 Å². The van der Waals surface area contributed by atoms with Gasteiger partial charge < -0.3 is 39.8 Å². The molecule has 1 aromatic heterocycles. The van der Waals surface area contributed by atoms with Crippen molar-refractivity contribution in [2.75, 3.05) is 41.4 Å². The summed E-state index contributed by atoms with van der Waals surface area (Å²) in [6.45, 7) is 8.17. The zero-order valence-electron chi connectivity index (χ0n) is 29.0. The van der Waals surface area contributed by atoms with Crippen molar-refractivity contribution in [3.63, 3.8) is 0 Å². The lowest BCUT2D eigenvalue weighted by molar-refractivity contribution is -0.120. The van der Waals surface area contributed by atoms with E-state index in [0.29, 0.717) is 25.1 Å². The predicted molar refractivity (Wildman–Crippen MR) is 179 cm³/mol. The Hall–Kier alpha value is -4.17. The first kappa shape index (κ1) is 38.3. The first-order valence-electron chi connectivity index (χ1n) is 16.0. The normalized spacial score (nSPS) is 29.4. The molecular weight excluding hydrogens is 618 g/mol. The molecule has 0 saturated carbocycles. The van der Waals surface area contributed by atoms with E-state index in [9.17, 15) is 24.3 Å². The van der Waals surface area contributed by atoms with E-state index in [1.807, 2.05) is 38.9 Å². The molecule has 0 spiro atoms. The average molecular weight is 668 g/mol. The molecule has 0 radical (unpaired) electrons. The van der Waals surface area contributed by atoms with Gasteiger partial charge in [0.1, 0.15) is 11.8 Å². The first-order chi connectivity index (χ1) is 22.8. The van der Waals surface area contributed by atoms with Crippen LogP contribution in [-0.4, -0.2) is 109 Å². The highest BCUT2D eigenvalue weighted by atomic mass is 16.6. The molecule has 2 aliphatic rings. The van der Waals surface area contributed by atoms with Crippen LogP contribution in [0.5, 0.6) is 0 Å². The van der Waals surface area contributed by atoms with Gasteiger partial charge in [-0.1, -0.05) is 38.2 Å². The number of aromatic nitrogens is 2. The number of imidazole rings is 1. The lowest BCUT2D eigenvalue weighted by Crippen LogP contribution is -2.38. The number of rotatable bonds is 8. The minimum atomic E-state index is -0.967. The quantitative estimate of drug-likeness (QED) is 0.182. The van der Waals surface area contributed by atoms with Gasteiger partial charge in [0.05, 0.1) is 36.1 Å². The second-order valence-corrected chi connectivity index (χ2v) is 12.6. The van der Waals surface area contributed by atoms with Crippen LogP contribution in [0.2, 0.25) is 0 Å². The summed E-state index contributed by atoms with van der Waals surface area (Å²) in [7, 11) is 6.79. The number of hydrogen-bond acceptors (Lipinski definition) is 11. The van der Waals surface area contributed by atoms with E-state index in [1.165, 1.54) is 32.8 Å². The molecule has 0 saturated heterocycles. The number of methoxy groups -OCH3 is 2. The van der Waals surface area contributed by atoms with Crippen molar-refractivity contribution in [3.05, 3.63) is 76.7 Å². The Labute approximate surface area is 282 Å². The summed E-state index contributed by atoms with van der Waals surface area (Å²) in [5, 5.41) is 17.2. The van der Waals surface area contributed by atoms with Crippen molar-refractivity contribution in [2.45, 2.75) is 65.0 Å². The van der Waals surface area contributed by atoms with E-state index in [0.717, 1.165) is 6.08 Å². The summed E-state index contributed by atoms with van der Waals surface area (Å²) in [5.41, 5.74) is 1.39. The molecule has 0 fully saturated rings. The van der Waals surface area contributed by atoms with Gasteiger partial charge in [0.15, 0.2) is 6.10 Å². The summed E-state index contributed by atoms with van der Waals surface area (Å²) in [5.74, 6) is -2.72. The Bertz CT molecular complexity index is 1470. The largest absolute Gasteiger partial charge is 0.450 e. The Balaban J connectivity index is 2.06. The topological polar surface area (TPSA) is 172 Å². The third-order valence-corrected chi connectivity index (χ3v) is 8.36. The van der Waals surface area contributed by atoms with Gasteiger partial charge in [-0.05, 0) is 52.3 Å². The molecule has 1 aromatic rings. The highest BCUT2D eigenvalue weighted by Gasteiger charge is 2.33. The van der Waals surface area contributed by atoms with Crippen molar-refractivity contribution >= 4 is 23.4 Å². The number of H-pyrrole nitrogens is 1. The molecule has 262 valence electrons. The van der Waals surface area contributed by atoms with Crippen molar-refractivity contribution in [1.82, 2.24) is 25.5 Å². The molecule has 1 aliphatic heterocycles. The van der Waals surface area contributed by atoms with Crippen LogP contribution in [0.25, 0.3) is 0 Å². The number of esters is 1. The average Bonchev–Trinajstić information content (AvgIpc) is 3.59. The Morgan fingerprint density at radius 1 is 1.15 bits per heavy atom. The monoisotopic (exact) mass is 667 g/mol. The number of Topliss-reactive ketones (excluding diaryl/α,β-unsaturated/α-hetero) is 1. The number of carbonyl (C=O) groups excluding carboxylic acids is 4. The number of nitrogens with zero attached hydrogens (tertiary/aromatic N) is 2. The fraction of sp³-hybridized carbons (Fsp3) is 0.514. The van der Waals surface area contributed by atoms with Crippen LogP contribution >= 0.6 is 0 Å². The zero-order valence-corrected chi connectivity index (χ0v) is 29.0. The fourth-order valence-electron chi connectivity index (χ4n) is 5.60. The summed E-state index contributed by atoms with van der Waals surface area (Å²) in [6.07, 6.45) is 7.71. The number of ketones is 2. The van der Waals surface area contributed by atoms with Crippen LogP contribution in [0.3, 0.4) is 0 Å². The number of aromatic amines is 1. The first-order valence-corrected chi connectivity index (χ1v) is 16.0. The van der Waals surface area contributed by atoms with Crippen molar-refractivity contribution < 1.29 is 38.5 Å². The van der Waals surface area contributed by atoms with Crippen molar-refractivity contribution in [1.29, 1.82) is 0 Å². The molecule has 1 aliphatic carbocycles. The maximum atomic E-state index is 13.8. The second kappa shape index (κ2) is 17.8. The number of carbonyl (C=O) groups is 4. The van der Waals surface area contributed by atoms with Gasteiger partial charge in [0, 0.05) is 50.4 Å². The highest BCUT2D eigenvalue weighted by molar-refractivity contribution is 6.23. The molecule has 2 heterocycles. The molecule has 1 amide bonds. The summed E-state index contributed by atoms with van der Waals surface area (Å²) < 4.78 is 17.3. The van der Waals surface area contributed by atoms with Crippen LogP contribution in [0.4, 0.5) is 0 Å². The number of allylic oxidation sites excluding steroid dienone is 4. The predicted octanol–water partition coefficient (Wildman–Crippen LogP) is 2.40. The highest BCUT2D eigenvalue weighted by Crippen LogP contribution is 2.29. The SMILES string of the molecule is CO[C@H]1/C=C\C=C(/C)C(=O)NC2=CC(=O)C(NCCN(C)C)=C(C[C@@H](C)C[C@H](OC)[C@H](O)[C@@H](C)/C=C(\C)[C@@H]1OC(=O)c1cnc[nH]1)C2=O. The van der Waals surface area contributed by atoms with E-state index >= 15 is 0 Å². The molecule has 0 unspecified atom stereocenters. The summed E-state index contributed by atoms with van der Waals surface area (Å²) in [6, 6.07) is 0. The Kier molecular flexibility index (Phi) is 14.2. The van der Waals surface area contributed by atoms with Crippen LogP contribution in [-0.2, 0) is 28.6 Å².